The fraction of sp³-hybridized carbons (Fsp3) is 0.571. The van der Waals surface area contributed by atoms with Gasteiger partial charge in [0.05, 0.1) is 0 Å². The third-order valence-corrected chi connectivity index (χ3v) is 3.78. The zero-order valence-corrected chi connectivity index (χ0v) is 10.9. The number of hydrogen-bond donors (Lipinski definition) is 1. The molecule has 1 aliphatic rings. The van der Waals surface area contributed by atoms with Crippen LogP contribution >= 0.6 is 0 Å². The van der Waals surface area contributed by atoms with E-state index >= 15 is 0 Å². The molecule has 0 aliphatic carbocycles. The summed E-state index contributed by atoms with van der Waals surface area (Å²) >= 11 is 0. The Kier molecular flexibility index (Phi) is 3.97. The van der Waals surface area contributed by atoms with Gasteiger partial charge in [0, 0.05) is 25.2 Å². The number of nitrogens with zero attached hydrogens (tertiary/aromatic N) is 1. The van der Waals surface area contributed by atoms with E-state index in [1.54, 1.807) is 6.07 Å². The Hall–Kier alpha value is -1.00. The van der Waals surface area contributed by atoms with Crippen LogP contribution in [-0.4, -0.2) is 24.0 Å². The largest absolute Gasteiger partial charge is 0.329 e. The van der Waals surface area contributed by atoms with Crippen molar-refractivity contribution in [3.05, 3.63) is 35.4 Å². The zero-order chi connectivity index (χ0) is 13.3. The number of hydrogen-bond acceptors (Lipinski definition) is 2. The second-order valence-electron chi connectivity index (χ2n) is 5.31. The van der Waals surface area contributed by atoms with Crippen molar-refractivity contribution in [3.8, 4) is 0 Å². The first kappa shape index (κ1) is 13.4. The molecule has 3 unspecified atom stereocenters. The molecule has 2 N–H and O–H groups in total. The molecule has 4 heteroatoms. The van der Waals surface area contributed by atoms with Gasteiger partial charge < -0.3 is 5.73 Å². The van der Waals surface area contributed by atoms with Gasteiger partial charge in [-0.05, 0) is 37.0 Å². The number of likely N-dealkylation sites (tertiary alicyclic amines) is 1. The standard InChI is InChI=1S/C14H20F2N2/c1-9-5-10(2)18(8-9)14(7-17)11-3-4-12(15)13(16)6-11/h3-4,6,9-10,14H,5,7-8,17H2,1-2H3. The third-order valence-electron chi connectivity index (χ3n) is 3.78. The lowest BCUT2D eigenvalue weighted by Gasteiger charge is -2.31. The van der Waals surface area contributed by atoms with Crippen molar-refractivity contribution in [2.45, 2.75) is 32.4 Å². The molecular weight excluding hydrogens is 234 g/mol. The zero-order valence-electron chi connectivity index (χ0n) is 10.9. The van der Waals surface area contributed by atoms with Crippen molar-refractivity contribution in [2.24, 2.45) is 11.7 Å². The summed E-state index contributed by atoms with van der Waals surface area (Å²) in [5, 5.41) is 0. The smallest absolute Gasteiger partial charge is 0.159 e. The van der Waals surface area contributed by atoms with Crippen LogP contribution in [0.5, 0.6) is 0 Å². The molecular formula is C14H20F2N2. The molecule has 0 saturated carbocycles. The monoisotopic (exact) mass is 254 g/mol. The van der Waals surface area contributed by atoms with E-state index in [-0.39, 0.29) is 6.04 Å². The molecule has 0 aromatic heterocycles. The topological polar surface area (TPSA) is 29.3 Å². The van der Waals surface area contributed by atoms with E-state index in [2.05, 4.69) is 18.7 Å². The summed E-state index contributed by atoms with van der Waals surface area (Å²) in [5.41, 5.74) is 6.58. The Bertz CT molecular complexity index is 422. The summed E-state index contributed by atoms with van der Waals surface area (Å²) in [7, 11) is 0. The predicted octanol–water partition coefficient (Wildman–Crippen LogP) is 2.69. The first-order valence-corrected chi connectivity index (χ1v) is 6.43. The van der Waals surface area contributed by atoms with Crippen LogP contribution in [0.25, 0.3) is 0 Å². The second kappa shape index (κ2) is 5.33. The summed E-state index contributed by atoms with van der Waals surface area (Å²) < 4.78 is 26.3. The van der Waals surface area contributed by atoms with Crippen LogP contribution in [0.2, 0.25) is 0 Å². The van der Waals surface area contributed by atoms with Crippen LogP contribution in [0.4, 0.5) is 8.78 Å². The van der Waals surface area contributed by atoms with Crippen LogP contribution < -0.4 is 5.73 Å². The van der Waals surface area contributed by atoms with Gasteiger partial charge >= 0.3 is 0 Å². The number of halogens is 2. The van der Waals surface area contributed by atoms with Gasteiger partial charge in [-0.1, -0.05) is 13.0 Å². The van der Waals surface area contributed by atoms with Crippen molar-refractivity contribution in [3.63, 3.8) is 0 Å². The molecule has 1 aromatic carbocycles. The summed E-state index contributed by atoms with van der Waals surface area (Å²) in [6.45, 7) is 5.74. The molecule has 0 spiro atoms. The van der Waals surface area contributed by atoms with Gasteiger partial charge in [0.2, 0.25) is 0 Å². The Morgan fingerprint density at radius 1 is 1.33 bits per heavy atom. The first-order valence-electron chi connectivity index (χ1n) is 6.43. The Morgan fingerprint density at radius 3 is 2.56 bits per heavy atom. The SMILES string of the molecule is CC1CC(C)N(C(CN)c2ccc(F)c(F)c2)C1. The van der Waals surface area contributed by atoms with E-state index in [9.17, 15) is 8.78 Å². The highest BCUT2D eigenvalue weighted by molar-refractivity contribution is 5.22. The third kappa shape index (κ3) is 2.54. The second-order valence-corrected chi connectivity index (χ2v) is 5.31. The molecule has 0 bridgehead atoms. The summed E-state index contributed by atoms with van der Waals surface area (Å²) in [6, 6.07) is 4.48. The molecule has 1 aromatic rings. The van der Waals surface area contributed by atoms with Crippen LogP contribution in [-0.2, 0) is 0 Å². The van der Waals surface area contributed by atoms with Gasteiger partial charge in [-0.3, -0.25) is 4.90 Å². The van der Waals surface area contributed by atoms with Crippen LogP contribution in [0.1, 0.15) is 31.9 Å². The van der Waals surface area contributed by atoms with Crippen LogP contribution in [0.3, 0.4) is 0 Å². The average molecular weight is 254 g/mol. The lowest BCUT2D eigenvalue weighted by molar-refractivity contribution is 0.192. The van der Waals surface area contributed by atoms with E-state index in [1.807, 2.05) is 0 Å². The molecule has 0 radical (unpaired) electrons. The molecule has 2 nitrogen and oxygen atoms in total. The molecule has 1 saturated heterocycles. The van der Waals surface area contributed by atoms with Crippen molar-refractivity contribution in [1.29, 1.82) is 0 Å². The Morgan fingerprint density at radius 2 is 2.06 bits per heavy atom. The summed E-state index contributed by atoms with van der Waals surface area (Å²) in [6.07, 6.45) is 1.13. The first-order chi connectivity index (χ1) is 8.52. The number of nitrogens with two attached hydrogens (primary N) is 1. The maximum Gasteiger partial charge on any atom is 0.159 e. The fourth-order valence-corrected chi connectivity index (χ4v) is 2.95. The van der Waals surface area contributed by atoms with Gasteiger partial charge in [0.25, 0.3) is 0 Å². The lowest BCUT2D eigenvalue weighted by Crippen LogP contribution is -2.36. The molecule has 1 heterocycles. The van der Waals surface area contributed by atoms with Crippen LogP contribution in [0.15, 0.2) is 18.2 Å². The van der Waals surface area contributed by atoms with Gasteiger partial charge in [-0.25, -0.2) is 8.78 Å². The molecule has 18 heavy (non-hydrogen) atoms. The number of benzene rings is 1. The normalized spacial score (nSPS) is 26.5. The van der Waals surface area contributed by atoms with E-state index < -0.39 is 11.6 Å². The van der Waals surface area contributed by atoms with Crippen molar-refractivity contribution < 1.29 is 8.78 Å². The highest BCUT2D eigenvalue weighted by atomic mass is 19.2. The predicted molar refractivity (Wildman–Crippen MR) is 68.1 cm³/mol. The molecule has 100 valence electrons. The fourth-order valence-electron chi connectivity index (χ4n) is 2.95. The molecule has 2 rings (SSSR count). The highest BCUT2D eigenvalue weighted by Gasteiger charge is 2.32. The minimum atomic E-state index is -0.808. The molecule has 1 fully saturated rings. The van der Waals surface area contributed by atoms with Gasteiger partial charge in [0.15, 0.2) is 11.6 Å². The van der Waals surface area contributed by atoms with Gasteiger partial charge in [-0.2, -0.15) is 0 Å². The molecule has 0 amide bonds. The minimum absolute atomic E-state index is 0.0277. The molecule has 1 aliphatic heterocycles. The van der Waals surface area contributed by atoms with Crippen LogP contribution in [0, 0.1) is 17.6 Å². The molecule has 3 atom stereocenters. The van der Waals surface area contributed by atoms with Gasteiger partial charge in [-0.15, -0.1) is 0 Å². The van der Waals surface area contributed by atoms with E-state index in [0.717, 1.165) is 18.5 Å². The Balaban J connectivity index is 2.25. The van der Waals surface area contributed by atoms with Gasteiger partial charge in [0.1, 0.15) is 0 Å². The van der Waals surface area contributed by atoms with Crippen molar-refractivity contribution in [2.75, 3.05) is 13.1 Å². The van der Waals surface area contributed by atoms with Crippen molar-refractivity contribution >= 4 is 0 Å². The minimum Gasteiger partial charge on any atom is -0.329 e. The maximum absolute atomic E-state index is 13.3. The Labute approximate surface area is 107 Å². The lowest BCUT2D eigenvalue weighted by atomic mass is 10.0. The van der Waals surface area contributed by atoms with Crippen molar-refractivity contribution in [1.82, 2.24) is 4.90 Å². The number of rotatable bonds is 3. The van der Waals surface area contributed by atoms with E-state index in [4.69, 9.17) is 5.73 Å². The maximum atomic E-state index is 13.3. The summed E-state index contributed by atoms with van der Waals surface area (Å²) in [5.74, 6) is -0.984. The average Bonchev–Trinajstić information content (AvgIpc) is 2.64. The van der Waals surface area contributed by atoms with E-state index in [1.165, 1.54) is 12.1 Å². The van der Waals surface area contributed by atoms with E-state index in [0.29, 0.717) is 18.5 Å². The summed E-state index contributed by atoms with van der Waals surface area (Å²) in [4.78, 5) is 2.29. The highest BCUT2D eigenvalue weighted by Crippen LogP contribution is 2.31. The quantitative estimate of drug-likeness (QED) is 0.898.